The highest BCUT2D eigenvalue weighted by Gasteiger charge is 2.21. The van der Waals surface area contributed by atoms with E-state index in [0.29, 0.717) is 6.29 Å². The van der Waals surface area contributed by atoms with Crippen molar-refractivity contribution in [1.82, 2.24) is 0 Å². The number of methoxy groups -OCH3 is 1. The van der Waals surface area contributed by atoms with Crippen molar-refractivity contribution in [3.8, 4) is 5.75 Å². The van der Waals surface area contributed by atoms with Crippen LogP contribution in [0, 0.1) is 10.1 Å². The van der Waals surface area contributed by atoms with Crippen LogP contribution >= 0.6 is 0 Å². The molecule has 0 saturated carbocycles. The van der Waals surface area contributed by atoms with Crippen molar-refractivity contribution in [3.05, 3.63) is 33.4 Å². The van der Waals surface area contributed by atoms with Crippen LogP contribution in [0.2, 0.25) is 0 Å². The third-order valence-corrected chi connectivity index (χ3v) is 2.41. The van der Waals surface area contributed by atoms with E-state index < -0.39 is 16.6 Å². The monoisotopic (exact) mass is 267 g/mol. The van der Waals surface area contributed by atoms with Gasteiger partial charge in [-0.1, -0.05) is 0 Å². The SMILES string of the molecule is CCOC(=O)Cc1cc(OC)cc([N+](=O)[O-])c1C=O. The molecular formula is C12H13NO6. The van der Waals surface area contributed by atoms with Crippen molar-refractivity contribution in [3.63, 3.8) is 0 Å². The van der Waals surface area contributed by atoms with Gasteiger partial charge in [-0.15, -0.1) is 0 Å². The van der Waals surface area contributed by atoms with E-state index in [1.54, 1.807) is 6.92 Å². The quantitative estimate of drug-likeness (QED) is 0.335. The molecule has 0 radical (unpaired) electrons. The summed E-state index contributed by atoms with van der Waals surface area (Å²) in [4.78, 5) is 32.6. The standard InChI is InChI=1S/C12H13NO6/c1-3-19-12(15)5-8-4-9(18-2)6-11(13(16)17)10(8)7-14/h4,6-7H,3,5H2,1-2H3. The van der Waals surface area contributed by atoms with Crippen molar-refractivity contribution in [2.75, 3.05) is 13.7 Å². The zero-order chi connectivity index (χ0) is 14.4. The maximum Gasteiger partial charge on any atom is 0.310 e. The van der Waals surface area contributed by atoms with E-state index in [1.165, 1.54) is 13.2 Å². The van der Waals surface area contributed by atoms with Crippen LogP contribution in [0.1, 0.15) is 22.8 Å². The Morgan fingerprint density at radius 3 is 2.63 bits per heavy atom. The largest absolute Gasteiger partial charge is 0.496 e. The number of esters is 1. The molecule has 7 nitrogen and oxygen atoms in total. The Labute approximate surface area is 109 Å². The number of carbonyl (C=O) groups is 2. The Kier molecular flexibility index (Phi) is 4.99. The van der Waals surface area contributed by atoms with Gasteiger partial charge in [0.15, 0.2) is 6.29 Å². The molecule has 0 aliphatic rings. The van der Waals surface area contributed by atoms with E-state index in [0.717, 1.165) is 6.07 Å². The van der Waals surface area contributed by atoms with Gasteiger partial charge >= 0.3 is 5.97 Å². The van der Waals surface area contributed by atoms with Crippen molar-refractivity contribution in [2.24, 2.45) is 0 Å². The van der Waals surface area contributed by atoms with Crippen LogP contribution in [0.15, 0.2) is 12.1 Å². The highest BCUT2D eigenvalue weighted by molar-refractivity contribution is 5.87. The predicted molar refractivity (Wildman–Crippen MR) is 65.4 cm³/mol. The molecule has 19 heavy (non-hydrogen) atoms. The topological polar surface area (TPSA) is 95.7 Å². The zero-order valence-corrected chi connectivity index (χ0v) is 10.5. The number of aldehydes is 1. The fraction of sp³-hybridized carbons (Fsp3) is 0.333. The second kappa shape index (κ2) is 6.48. The number of rotatable bonds is 6. The van der Waals surface area contributed by atoms with Gasteiger partial charge < -0.3 is 9.47 Å². The summed E-state index contributed by atoms with van der Waals surface area (Å²) in [7, 11) is 1.34. The molecule has 0 amide bonds. The lowest BCUT2D eigenvalue weighted by molar-refractivity contribution is -0.385. The van der Waals surface area contributed by atoms with Gasteiger partial charge in [0, 0.05) is 0 Å². The van der Waals surface area contributed by atoms with Gasteiger partial charge in [-0.2, -0.15) is 0 Å². The molecule has 0 unspecified atom stereocenters. The van der Waals surface area contributed by atoms with Gasteiger partial charge in [-0.25, -0.2) is 0 Å². The van der Waals surface area contributed by atoms with Gasteiger partial charge in [-0.05, 0) is 18.6 Å². The molecule has 0 fully saturated rings. The molecule has 0 bridgehead atoms. The van der Waals surface area contributed by atoms with Crippen molar-refractivity contribution in [1.29, 1.82) is 0 Å². The lowest BCUT2D eigenvalue weighted by Gasteiger charge is -2.08. The number of hydrogen-bond acceptors (Lipinski definition) is 6. The highest BCUT2D eigenvalue weighted by atomic mass is 16.6. The van der Waals surface area contributed by atoms with E-state index in [4.69, 9.17) is 9.47 Å². The Morgan fingerprint density at radius 1 is 1.47 bits per heavy atom. The van der Waals surface area contributed by atoms with Crippen molar-refractivity contribution in [2.45, 2.75) is 13.3 Å². The first-order chi connectivity index (χ1) is 9.03. The van der Waals surface area contributed by atoms with Gasteiger partial charge in [0.1, 0.15) is 5.75 Å². The van der Waals surface area contributed by atoms with E-state index in [-0.39, 0.29) is 29.9 Å². The van der Waals surface area contributed by atoms with Crippen LogP contribution in [0.3, 0.4) is 0 Å². The normalized spacial score (nSPS) is 9.79. The Balaban J connectivity index is 3.27. The summed E-state index contributed by atoms with van der Waals surface area (Å²) in [5.74, 6) is -0.357. The molecular weight excluding hydrogens is 254 g/mol. The number of carbonyl (C=O) groups excluding carboxylic acids is 2. The fourth-order valence-electron chi connectivity index (χ4n) is 1.59. The van der Waals surface area contributed by atoms with Crippen LogP contribution in [0.4, 0.5) is 5.69 Å². The summed E-state index contributed by atoms with van der Waals surface area (Å²) < 4.78 is 9.67. The number of nitro groups is 1. The average Bonchev–Trinajstić information content (AvgIpc) is 2.37. The minimum atomic E-state index is -0.694. The number of nitro benzene ring substituents is 1. The molecule has 102 valence electrons. The molecule has 0 atom stereocenters. The Bertz CT molecular complexity index is 511. The fourth-order valence-corrected chi connectivity index (χ4v) is 1.59. The van der Waals surface area contributed by atoms with E-state index >= 15 is 0 Å². The van der Waals surface area contributed by atoms with Crippen LogP contribution in [-0.2, 0) is 16.0 Å². The number of hydrogen-bond donors (Lipinski definition) is 0. The van der Waals surface area contributed by atoms with E-state index in [2.05, 4.69) is 0 Å². The van der Waals surface area contributed by atoms with Gasteiger partial charge in [0.05, 0.1) is 36.7 Å². The van der Waals surface area contributed by atoms with Crippen molar-refractivity contribution >= 4 is 17.9 Å². The zero-order valence-electron chi connectivity index (χ0n) is 10.5. The third kappa shape index (κ3) is 3.51. The van der Waals surface area contributed by atoms with Crippen LogP contribution in [0.25, 0.3) is 0 Å². The summed E-state index contributed by atoms with van der Waals surface area (Å²) in [5.41, 5.74) is -0.327. The third-order valence-electron chi connectivity index (χ3n) is 2.41. The lowest BCUT2D eigenvalue weighted by Crippen LogP contribution is -2.10. The molecule has 0 N–H and O–H groups in total. The first kappa shape index (κ1) is 14.6. The molecule has 0 heterocycles. The summed E-state index contributed by atoms with van der Waals surface area (Å²) >= 11 is 0. The van der Waals surface area contributed by atoms with E-state index in [9.17, 15) is 19.7 Å². The minimum Gasteiger partial charge on any atom is -0.496 e. The number of nitrogens with zero attached hydrogens (tertiary/aromatic N) is 1. The van der Waals surface area contributed by atoms with Gasteiger partial charge in [0.2, 0.25) is 0 Å². The number of ether oxygens (including phenoxy) is 2. The summed E-state index contributed by atoms with van der Waals surface area (Å²) in [6, 6.07) is 2.55. The van der Waals surface area contributed by atoms with E-state index in [1.807, 2.05) is 0 Å². The molecule has 0 aromatic heterocycles. The van der Waals surface area contributed by atoms with Crippen LogP contribution < -0.4 is 4.74 Å². The first-order valence-electron chi connectivity index (χ1n) is 5.49. The molecule has 1 aromatic carbocycles. The summed E-state index contributed by atoms with van der Waals surface area (Å²) in [6.07, 6.45) is 0.131. The smallest absolute Gasteiger partial charge is 0.310 e. The maximum atomic E-state index is 11.4. The Morgan fingerprint density at radius 2 is 2.16 bits per heavy atom. The predicted octanol–water partition coefficient (Wildman–Crippen LogP) is 1.52. The molecule has 7 heteroatoms. The van der Waals surface area contributed by atoms with Gasteiger partial charge in [-0.3, -0.25) is 19.7 Å². The molecule has 0 saturated heterocycles. The summed E-state index contributed by atoms with van der Waals surface area (Å²) in [6.45, 7) is 1.84. The second-order valence-electron chi connectivity index (χ2n) is 3.58. The Hall–Kier alpha value is -2.44. The second-order valence-corrected chi connectivity index (χ2v) is 3.58. The first-order valence-corrected chi connectivity index (χ1v) is 5.49. The molecule has 0 aliphatic carbocycles. The highest BCUT2D eigenvalue weighted by Crippen LogP contribution is 2.28. The lowest BCUT2D eigenvalue weighted by atomic mass is 10.0. The van der Waals surface area contributed by atoms with Crippen LogP contribution in [0.5, 0.6) is 5.75 Å². The average molecular weight is 267 g/mol. The van der Waals surface area contributed by atoms with Crippen LogP contribution in [-0.4, -0.2) is 30.9 Å². The molecule has 0 spiro atoms. The molecule has 1 aromatic rings. The minimum absolute atomic E-state index is 0.140. The van der Waals surface area contributed by atoms with Gasteiger partial charge in [0.25, 0.3) is 5.69 Å². The number of benzene rings is 1. The maximum absolute atomic E-state index is 11.4. The van der Waals surface area contributed by atoms with Crippen molar-refractivity contribution < 1.29 is 24.0 Å². The molecule has 1 rings (SSSR count). The molecule has 0 aliphatic heterocycles. The summed E-state index contributed by atoms with van der Waals surface area (Å²) in [5, 5.41) is 10.9.